The Balaban J connectivity index is 1.04. The molecule has 6 N–H and O–H groups in total. The molecule has 2 aromatic rings. The molecule has 4 saturated heterocycles. The van der Waals surface area contributed by atoms with E-state index < -0.39 is 22.2 Å². The number of carbonyl (C=O) groups excluding carboxylic acids is 2. The van der Waals surface area contributed by atoms with Gasteiger partial charge in [-0.2, -0.15) is 40.0 Å². The number of anilines is 4. The number of rotatable bonds is 17. The highest BCUT2D eigenvalue weighted by molar-refractivity contribution is 6.27. The van der Waals surface area contributed by atoms with Gasteiger partial charge in [-0.05, 0) is 132 Å². The molecule has 0 aliphatic carbocycles. The van der Waals surface area contributed by atoms with Crippen LogP contribution in [0.1, 0.15) is 145 Å². The van der Waals surface area contributed by atoms with Gasteiger partial charge in [0, 0.05) is 73.5 Å². The van der Waals surface area contributed by atoms with Crippen molar-refractivity contribution >= 4 is 59.9 Å². The predicted molar refractivity (Wildman–Crippen MR) is 249 cm³/mol. The number of hydrogen-bond donors (Lipinski definition) is 6. The Morgan fingerprint density at radius 2 is 0.859 bits per heavy atom. The standard InChI is InChI=1S/C44H74N16O4/c1-41(2)25-31(26-42(3,4)59(41)63)49-39-53-35(51-37(55-39)47-29-33(61)57-21-15-11-16-22-57)45-19-13-9-10-14-20-46-36-52-38(48-30-34(62)58-23-17-12-18-24-58)56-40(54-36)50-32-27-43(5,6)60(64)44(7,8)28-32/h29-32,63-64H,9-28H2,1-8H3,(H2,45,49,51,53,55)(H2,46,50,52,54,56). The van der Waals surface area contributed by atoms with Crippen molar-refractivity contribution < 1.29 is 20.0 Å². The fourth-order valence-electron chi connectivity index (χ4n) is 9.86. The van der Waals surface area contributed by atoms with Crippen LogP contribution in [0.2, 0.25) is 0 Å². The summed E-state index contributed by atoms with van der Waals surface area (Å²) in [4.78, 5) is 65.8. The van der Waals surface area contributed by atoms with Crippen molar-refractivity contribution in [1.82, 2.24) is 49.8 Å². The van der Waals surface area contributed by atoms with Crippen LogP contribution in [0, 0.1) is 0 Å². The van der Waals surface area contributed by atoms with E-state index in [9.17, 15) is 20.0 Å². The first-order chi connectivity index (χ1) is 30.3. The summed E-state index contributed by atoms with van der Waals surface area (Å²) in [5, 5.41) is 38.2. The first-order valence-corrected chi connectivity index (χ1v) is 23.5. The molecular formula is C44H74N16O4. The van der Waals surface area contributed by atoms with Crippen molar-refractivity contribution in [2.45, 2.75) is 180 Å². The van der Waals surface area contributed by atoms with Crippen LogP contribution in [-0.4, -0.2) is 158 Å². The number of hydroxylamine groups is 4. The molecule has 4 aliphatic heterocycles. The van der Waals surface area contributed by atoms with Gasteiger partial charge in [0.15, 0.2) is 0 Å². The number of piperidine rings is 4. The second-order valence-electron chi connectivity index (χ2n) is 20.5. The SMILES string of the molecule is CC1(C)CC(Nc2nc(N=CC(=O)N3CCCCC3)nc(NCCCCCCNc3nc(N=CC(=O)N4CCCCC4)nc(NC4CC(C)(C)N(O)C(C)(C)C4)n3)n2)CC(C)(C)N1O. The Morgan fingerprint density at radius 3 is 1.20 bits per heavy atom. The van der Waals surface area contributed by atoms with Crippen LogP contribution in [0.25, 0.3) is 0 Å². The molecule has 6 heterocycles. The zero-order valence-corrected chi connectivity index (χ0v) is 39.5. The summed E-state index contributed by atoms with van der Waals surface area (Å²) in [6.07, 6.45) is 15.1. The van der Waals surface area contributed by atoms with Crippen molar-refractivity contribution in [1.29, 1.82) is 0 Å². The van der Waals surface area contributed by atoms with Gasteiger partial charge in [0.1, 0.15) is 0 Å². The van der Waals surface area contributed by atoms with Crippen LogP contribution in [0.4, 0.5) is 35.7 Å². The fourth-order valence-corrected chi connectivity index (χ4v) is 9.86. The largest absolute Gasteiger partial charge is 0.354 e. The Hall–Kier alpha value is -4.66. The minimum atomic E-state index is -0.462. The van der Waals surface area contributed by atoms with Gasteiger partial charge in [-0.1, -0.05) is 12.8 Å². The van der Waals surface area contributed by atoms with Crippen molar-refractivity contribution in [2.75, 3.05) is 60.5 Å². The Kier molecular flexibility index (Phi) is 16.1. The van der Waals surface area contributed by atoms with Gasteiger partial charge in [-0.25, -0.2) is 9.98 Å². The second kappa shape index (κ2) is 21.1. The summed E-state index contributed by atoms with van der Waals surface area (Å²) in [6.45, 7) is 20.3. The third-order valence-corrected chi connectivity index (χ3v) is 12.8. The monoisotopic (exact) mass is 891 g/mol. The molecule has 0 unspecified atom stereocenters. The molecule has 4 aliphatic rings. The molecular weight excluding hydrogens is 817 g/mol. The Labute approximate surface area is 378 Å². The molecule has 0 atom stereocenters. The lowest BCUT2D eigenvalue weighted by Crippen LogP contribution is -2.61. The van der Waals surface area contributed by atoms with Gasteiger partial charge in [-0.15, -0.1) is 0 Å². The van der Waals surface area contributed by atoms with E-state index >= 15 is 0 Å². The van der Waals surface area contributed by atoms with Crippen molar-refractivity contribution in [2.24, 2.45) is 9.98 Å². The lowest BCUT2D eigenvalue weighted by Gasteiger charge is -2.51. The van der Waals surface area contributed by atoms with Crippen LogP contribution < -0.4 is 21.3 Å². The zero-order valence-electron chi connectivity index (χ0n) is 39.5. The third-order valence-electron chi connectivity index (χ3n) is 12.8. The molecule has 20 nitrogen and oxygen atoms in total. The molecule has 4 fully saturated rings. The summed E-state index contributed by atoms with van der Waals surface area (Å²) in [7, 11) is 0. The molecule has 0 saturated carbocycles. The molecule has 2 aromatic heterocycles. The highest BCUT2D eigenvalue weighted by Gasteiger charge is 2.46. The Morgan fingerprint density at radius 1 is 0.531 bits per heavy atom. The number of unbranched alkanes of at least 4 members (excludes halogenated alkanes) is 3. The maximum atomic E-state index is 12.9. The summed E-state index contributed by atoms with van der Waals surface area (Å²) in [5.41, 5.74) is -1.85. The number of aliphatic imine (C=N–C) groups is 2. The van der Waals surface area contributed by atoms with Crippen LogP contribution in [0.15, 0.2) is 9.98 Å². The summed E-state index contributed by atoms with van der Waals surface area (Å²) in [6, 6.07) is -0.0231. The number of nitrogens with zero attached hydrogens (tertiary/aromatic N) is 12. The predicted octanol–water partition coefficient (Wildman–Crippen LogP) is 6.22. The molecule has 0 bridgehead atoms. The number of hydrogen-bond acceptors (Lipinski definition) is 18. The first-order valence-electron chi connectivity index (χ1n) is 23.5. The van der Waals surface area contributed by atoms with Gasteiger partial charge in [0.2, 0.25) is 23.8 Å². The molecule has 0 aromatic carbocycles. The second-order valence-corrected chi connectivity index (χ2v) is 20.5. The van der Waals surface area contributed by atoms with E-state index in [1.165, 1.54) is 22.6 Å². The zero-order chi connectivity index (χ0) is 46.1. The van der Waals surface area contributed by atoms with Crippen molar-refractivity contribution in [3.05, 3.63) is 0 Å². The number of nitrogens with one attached hydrogen (secondary N) is 4. The molecule has 354 valence electrons. The topological polar surface area (TPSA) is 238 Å². The average Bonchev–Trinajstić information content (AvgIpc) is 3.24. The van der Waals surface area contributed by atoms with E-state index in [4.69, 9.17) is 0 Å². The molecule has 6 rings (SSSR count). The molecule has 2 amide bonds. The van der Waals surface area contributed by atoms with Crippen LogP contribution >= 0.6 is 0 Å². The number of aromatic nitrogens is 6. The number of carbonyl (C=O) groups is 2. The van der Waals surface area contributed by atoms with E-state index in [2.05, 4.69) is 61.2 Å². The minimum absolute atomic E-state index is 0.0116. The van der Waals surface area contributed by atoms with Crippen LogP contribution in [0.3, 0.4) is 0 Å². The fraction of sp³-hybridized carbons (Fsp3) is 0.773. The highest BCUT2D eigenvalue weighted by Crippen LogP contribution is 2.39. The van der Waals surface area contributed by atoms with E-state index in [0.717, 1.165) is 90.4 Å². The van der Waals surface area contributed by atoms with E-state index in [-0.39, 0.29) is 35.8 Å². The van der Waals surface area contributed by atoms with Gasteiger partial charge in [0.25, 0.3) is 23.7 Å². The lowest BCUT2D eigenvalue weighted by molar-refractivity contribution is -0.243. The van der Waals surface area contributed by atoms with E-state index in [1.807, 2.05) is 65.2 Å². The summed E-state index contributed by atoms with van der Waals surface area (Å²) < 4.78 is 0. The van der Waals surface area contributed by atoms with Gasteiger partial charge in [-0.3, -0.25) is 9.59 Å². The number of amides is 2. The van der Waals surface area contributed by atoms with E-state index in [0.29, 0.717) is 62.6 Å². The van der Waals surface area contributed by atoms with Gasteiger partial charge >= 0.3 is 0 Å². The maximum absolute atomic E-state index is 12.9. The van der Waals surface area contributed by atoms with Crippen LogP contribution in [-0.2, 0) is 9.59 Å². The summed E-state index contributed by atoms with van der Waals surface area (Å²) in [5.74, 6) is 1.49. The molecule has 0 radical (unpaired) electrons. The van der Waals surface area contributed by atoms with Crippen LogP contribution in [0.5, 0.6) is 0 Å². The molecule has 20 heteroatoms. The van der Waals surface area contributed by atoms with Gasteiger partial charge < -0.3 is 41.5 Å². The maximum Gasteiger partial charge on any atom is 0.265 e. The van der Waals surface area contributed by atoms with Crippen molar-refractivity contribution in [3.8, 4) is 0 Å². The minimum Gasteiger partial charge on any atom is -0.354 e. The smallest absolute Gasteiger partial charge is 0.265 e. The average molecular weight is 891 g/mol. The van der Waals surface area contributed by atoms with Crippen molar-refractivity contribution in [3.63, 3.8) is 0 Å². The number of likely N-dealkylation sites (tertiary alicyclic amines) is 2. The third kappa shape index (κ3) is 13.4. The normalized spacial score (nSPS) is 21.9. The highest BCUT2D eigenvalue weighted by atomic mass is 16.5. The summed E-state index contributed by atoms with van der Waals surface area (Å²) >= 11 is 0. The molecule has 0 spiro atoms. The Bertz CT molecular complexity index is 1770. The quantitative estimate of drug-likeness (QED) is 0.0764. The molecule has 64 heavy (non-hydrogen) atoms. The lowest BCUT2D eigenvalue weighted by atomic mass is 9.79. The van der Waals surface area contributed by atoms with E-state index in [1.54, 1.807) is 0 Å². The van der Waals surface area contributed by atoms with Gasteiger partial charge in [0.05, 0.1) is 12.4 Å². The first kappa shape index (κ1) is 48.8.